The summed E-state index contributed by atoms with van der Waals surface area (Å²) in [5, 5.41) is 1.52. The number of hydrogen-bond acceptors (Lipinski definition) is 4. The van der Waals surface area contributed by atoms with Crippen LogP contribution in [-0.4, -0.2) is 44.8 Å². The van der Waals surface area contributed by atoms with Crippen molar-refractivity contribution < 1.29 is 17.9 Å². The van der Waals surface area contributed by atoms with Gasteiger partial charge < -0.3 is 14.5 Å². The molecule has 2 aliphatic heterocycles. The van der Waals surface area contributed by atoms with Crippen LogP contribution in [0.25, 0.3) is 10.1 Å². The molecule has 2 aliphatic rings. The van der Waals surface area contributed by atoms with Gasteiger partial charge in [0.15, 0.2) is 0 Å². The number of morpholine rings is 1. The van der Waals surface area contributed by atoms with Crippen molar-refractivity contribution in [3.05, 3.63) is 64.0 Å². The lowest BCUT2D eigenvalue weighted by molar-refractivity contribution is -0.136. The lowest BCUT2D eigenvalue weighted by Gasteiger charge is -2.35. The Kier molecular flexibility index (Phi) is 5.00. The number of benzene rings is 2. The molecule has 5 rings (SSSR count). The third-order valence-electron chi connectivity index (χ3n) is 6.12. The number of halogens is 3. The molecule has 0 amide bonds. The fourth-order valence-electron chi connectivity index (χ4n) is 4.62. The van der Waals surface area contributed by atoms with E-state index >= 15 is 0 Å². The lowest BCUT2D eigenvalue weighted by atomic mass is 9.84. The van der Waals surface area contributed by atoms with E-state index in [1.54, 1.807) is 6.07 Å². The molecule has 1 saturated heterocycles. The van der Waals surface area contributed by atoms with Crippen molar-refractivity contribution in [3.63, 3.8) is 0 Å². The van der Waals surface area contributed by atoms with Crippen LogP contribution in [0.15, 0.2) is 41.8 Å². The van der Waals surface area contributed by atoms with Crippen LogP contribution in [0.5, 0.6) is 0 Å². The molecule has 3 heterocycles. The third kappa shape index (κ3) is 3.59. The molecule has 1 unspecified atom stereocenters. The molecule has 0 aliphatic carbocycles. The van der Waals surface area contributed by atoms with Gasteiger partial charge in [-0.2, -0.15) is 13.2 Å². The highest BCUT2D eigenvalue weighted by Gasteiger charge is 2.34. The smallest absolute Gasteiger partial charge is 0.378 e. The Labute approximate surface area is 177 Å². The Morgan fingerprint density at radius 2 is 1.87 bits per heavy atom. The predicted octanol–water partition coefficient (Wildman–Crippen LogP) is 5.33. The molecular weight excluding hydrogens is 409 g/mol. The van der Waals surface area contributed by atoms with E-state index < -0.39 is 11.7 Å². The molecule has 0 bridgehead atoms. The molecule has 0 radical (unpaired) electrons. The SMILES string of the molecule is CN1Cc2cc(N3CCOCC3)ccc2C(c2ccc3c(C(F)(F)F)csc3c2)C1. The number of thiophene rings is 1. The fourth-order valence-corrected chi connectivity index (χ4v) is 5.63. The standard InChI is InChI=1S/C23H23F3N2OS/c1-27-12-16-10-17(28-6-8-29-9-7-28)3-5-18(16)20(13-27)15-2-4-19-21(23(24,25)26)14-30-22(19)11-15/h2-5,10-11,14,20H,6-9,12-13H2,1H3. The van der Waals surface area contributed by atoms with E-state index in [-0.39, 0.29) is 5.92 Å². The number of ether oxygens (including phenoxy) is 1. The molecular formula is C23H23F3N2OS. The van der Waals surface area contributed by atoms with Gasteiger partial charge in [-0.25, -0.2) is 0 Å². The minimum atomic E-state index is -4.31. The van der Waals surface area contributed by atoms with Crippen LogP contribution >= 0.6 is 11.3 Å². The quantitative estimate of drug-likeness (QED) is 0.544. The van der Waals surface area contributed by atoms with Gasteiger partial charge in [-0.05, 0) is 41.9 Å². The number of rotatable bonds is 2. The first-order chi connectivity index (χ1) is 14.4. The van der Waals surface area contributed by atoms with Crippen molar-refractivity contribution in [3.8, 4) is 0 Å². The molecule has 1 fully saturated rings. The summed E-state index contributed by atoms with van der Waals surface area (Å²) in [6, 6.07) is 12.1. The highest BCUT2D eigenvalue weighted by atomic mass is 32.1. The van der Waals surface area contributed by atoms with Crippen LogP contribution in [0, 0.1) is 0 Å². The van der Waals surface area contributed by atoms with Gasteiger partial charge in [0.2, 0.25) is 0 Å². The average molecular weight is 433 g/mol. The summed E-state index contributed by atoms with van der Waals surface area (Å²) in [5.74, 6) is 0.151. The molecule has 2 aromatic carbocycles. The first kappa shape index (κ1) is 19.8. The first-order valence-electron chi connectivity index (χ1n) is 10.1. The minimum absolute atomic E-state index is 0.151. The number of alkyl halides is 3. The predicted molar refractivity (Wildman–Crippen MR) is 114 cm³/mol. The van der Waals surface area contributed by atoms with Gasteiger partial charge in [0.05, 0.1) is 18.8 Å². The first-order valence-corrected chi connectivity index (χ1v) is 11.0. The van der Waals surface area contributed by atoms with Crippen molar-refractivity contribution in [2.24, 2.45) is 0 Å². The van der Waals surface area contributed by atoms with Gasteiger partial charge in [0, 0.05) is 53.3 Å². The van der Waals surface area contributed by atoms with Gasteiger partial charge in [0.25, 0.3) is 0 Å². The van der Waals surface area contributed by atoms with E-state index in [0.717, 1.165) is 45.0 Å². The molecule has 0 spiro atoms. The Balaban J connectivity index is 1.51. The van der Waals surface area contributed by atoms with Crippen LogP contribution in [0.1, 0.15) is 28.2 Å². The van der Waals surface area contributed by atoms with Crippen LogP contribution in [0.4, 0.5) is 18.9 Å². The van der Waals surface area contributed by atoms with E-state index in [0.29, 0.717) is 10.1 Å². The highest BCUT2D eigenvalue weighted by molar-refractivity contribution is 7.17. The van der Waals surface area contributed by atoms with Gasteiger partial charge in [-0.3, -0.25) is 0 Å². The molecule has 3 nitrogen and oxygen atoms in total. The van der Waals surface area contributed by atoms with Gasteiger partial charge in [0.1, 0.15) is 0 Å². The Hall–Kier alpha value is -2.09. The topological polar surface area (TPSA) is 15.7 Å². The van der Waals surface area contributed by atoms with Crippen LogP contribution in [-0.2, 0) is 17.5 Å². The molecule has 1 aromatic heterocycles. The maximum Gasteiger partial charge on any atom is 0.417 e. The zero-order valence-corrected chi connectivity index (χ0v) is 17.5. The van der Waals surface area contributed by atoms with Crippen molar-refractivity contribution >= 4 is 27.1 Å². The second-order valence-corrected chi connectivity index (χ2v) is 9.05. The monoisotopic (exact) mass is 432 g/mol. The molecule has 158 valence electrons. The normalized spacial score (nSPS) is 20.5. The van der Waals surface area contributed by atoms with Crippen molar-refractivity contribution in [2.75, 3.05) is 44.8 Å². The van der Waals surface area contributed by atoms with Crippen LogP contribution < -0.4 is 4.90 Å². The third-order valence-corrected chi connectivity index (χ3v) is 7.07. The Morgan fingerprint density at radius 3 is 2.63 bits per heavy atom. The van der Waals surface area contributed by atoms with Crippen molar-refractivity contribution in [1.82, 2.24) is 4.90 Å². The largest absolute Gasteiger partial charge is 0.417 e. The maximum absolute atomic E-state index is 13.2. The molecule has 3 aromatic rings. The average Bonchev–Trinajstić information content (AvgIpc) is 3.17. The zero-order valence-electron chi connectivity index (χ0n) is 16.7. The highest BCUT2D eigenvalue weighted by Crippen LogP contribution is 2.41. The van der Waals surface area contributed by atoms with E-state index in [1.807, 2.05) is 12.1 Å². The van der Waals surface area contributed by atoms with Crippen LogP contribution in [0.3, 0.4) is 0 Å². The van der Waals surface area contributed by atoms with Gasteiger partial charge in [-0.1, -0.05) is 18.2 Å². The fraction of sp³-hybridized carbons (Fsp3) is 0.391. The number of hydrogen-bond donors (Lipinski definition) is 0. The van der Waals surface area contributed by atoms with Crippen molar-refractivity contribution in [1.29, 1.82) is 0 Å². The second kappa shape index (κ2) is 7.55. The summed E-state index contributed by atoms with van der Waals surface area (Å²) in [4.78, 5) is 4.64. The summed E-state index contributed by atoms with van der Waals surface area (Å²) < 4.78 is 45.9. The summed E-state index contributed by atoms with van der Waals surface area (Å²) >= 11 is 1.17. The summed E-state index contributed by atoms with van der Waals surface area (Å²) in [6.07, 6.45) is -4.31. The Bertz CT molecular complexity index is 1070. The molecule has 7 heteroatoms. The summed E-state index contributed by atoms with van der Waals surface area (Å²) in [7, 11) is 2.10. The number of likely N-dealkylation sites (N-methyl/N-ethyl adjacent to an activating group) is 1. The summed E-state index contributed by atoms with van der Waals surface area (Å²) in [6.45, 7) is 5.03. The number of anilines is 1. The molecule has 0 N–H and O–H groups in total. The number of nitrogens with zero attached hydrogens (tertiary/aromatic N) is 2. The Morgan fingerprint density at radius 1 is 1.07 bits per heavy atom. The summed E-state index contributed by atoms with van der Waals surface area (Å²) in [5.41, 5.74) is 4.32. The van der Waals surface area contributed by atoms with Gasteiger partial charge in [-0.15, -0.1) is 11.3 Å². The maximum atomic E-state index is 13.2. The number of fused-ring (bicyclic) bond motifs is 2. The van der Waals surface area contributed by atoms with Gasteiger partial charge >= 0.3 is 6.18 Å². The van der Waals surface area contributed by atoms with Crippen molar-refractivity contribution in [2.45, 2.75) is 18.6 Å². The van der Waals surface area contributed by atoms with E-state index in [1.165, 1.54) is 33.5 Å². The van der Waals surface area contributed by atoms with E-state index in [2.05, 4.69) is 35.0 Å². The molecule has 30 heavy (non-hydrogen) atoms. The van der Waals surface area contributed by atoms with E-state index in [4.69, 9.17) is 4.74 Å². The second-order valence-electron chi connectivity index (χ2n) is 8.13. The minimum Gasteiger partial charge on any atom is -0.378 e. The molecule has 0 saturated carbocycles. The molecule has 1 atom stereocenters. The zero-order chi connectivity index (χ0) is 20.9. The van der Waals surface area contributed by atoms with Crippen LogP contribution in [0.2, 0.25) is 0 Å². The van der Waals surface area contributed by atoms with E-state index in [9.17, 15) is 13.2 Å². The lowest BCUT2D eigenvalue weighted by Crippen LogP contribution is -2.36.